The van der Waals surface area contributed by atoms with Gasteiger partial charge in [0.15, 0.2) is 5.70 Å². The molecule has 0 aliphatic carbocycles. The number of rotatable bonds is 6. The second-order valence-electron chi connectivity index (χ2n) is 10.3. The largest absolute Gasteiger partial charge is 0.398 e. The summed E-state index contributed by atoms with van der Waals surface area (Å²) in [5, 5.41) is 10.8. The third-order valence-corrected chi connectivity index (χ3v) is 7.68. The first-order valence-corrected chi connectivity index (χ1v) is 13.2. The average Bonchev–Trinajstić information content (AvgIpc) is 3.44. The number of hydrazine groups is 1. The Hall–Kier alpha value is -3.24. The number of carbonyl (C=O) groups excluding carboxylic acids is 1. The summed E-state index contributed by atoms with van der Waals surface area (Å²) in [6.45, 7) is 9.14. The van der Waals surface area contributed by atoms with Crippen molar-refractivity contribution in [2.24, 2.45) is 0 Å². The van der Waals surface area contributed by atoms with Gasteiger partial charge in [0.05, 0.1) is 25.1 Å². The first-order valence-electron chi connectivity index (χ1n) is 13.2. The Bertz CT molecular complexity index is 1160. The molecule has 196 valence electrons. The average molecular weight is 505 g/mol. The Labute approximate surface area is 218 Å². The molecule has 3 aliphatic rings. The molecule has 2 fully saturated rings. The minimum Gasteiger partial charge on any atom is -0.398 e. The van der Waals surface area contributed by atoms with Gasteiger partial charge >= 0.3 is 0 Å². The number of nitrogens with zero attached hydrogens (tertiary/aromatic N) is 3. The van der Waals surface area contributed by atoms with Gasteiger partial charge in [-0.1, -0.05) is 11.6 Å². The van der Waals surface area contributed by atoms with Crippen LogP contribution in [-0.2, 0) is 4.74 Å². The van der Waals surface area contributed by atoms with Crippen molar-refractivity contribution in [3.8, 4) is 0 Å². The van der Waals surface area contributed by atoms with Gasteiger partial charge in [-0.3, -0.25) is 10.2 Å². The molecule has 37 heavy (non-hydrogen) atoms. The number of likely N-dealkylation sites (tertiary alicyclic amines) is 1. The van der Waals surface area contributed by atoms with Crippen LogP contribution in [-0.4, -0.2) is 66.9 Å². The molecule has 5 rings (SSSR count). The van der Waals surface area contributed by atoms with Crippen molar-refractivity contribution in [1.82, 2.24) is 15.3 Å². The molecule has 1 amide bonds. The van der Waals surface area contributed by atoms with Gasteiger partial charge in [0.2, 0.25) is 0 Å². The Kier molecular flexibility index (Phi) is 7.57. The number of morpholine rings is 1. The molecule has 9 nitrogen and oxygen atoms in total. The summed E-state index contributed by atoms with van der Waals surface area (Å²) in [6, 6.07) is 14.3. The van der Waals surface area contributed by atoms with E-state index < -0.39 is 0 Å². The van der Waals surface area contributed by atoms with Crippen molar-refractivity contribution in [2.45, 2.75) is 38.6 Å². The predicted molar refractivity (Wildman–Crippen MR) is 145 cm³/mol. The summed E-state index contributed by atoms with van der Waals surface area (Å²) in [4.78, 5) is 17.1. The standard InChI is InChI=1S/C28H37N7O2/c1-19(2)33-11-9-20(10-12-33)22-5-8-25(29)24(17-22)27(30)26-18-35(32-31-26)23-6-3-21(4-7-23)28(36)34-13-15-37-16-14-34/h3-8,17-20,30-32H,9-16,29H2,1-2H3/p+1. The topological polar surface area (TPSA) is 115 Å². The fourth-order valence-electron chi connectivity index (χ4n) is 5.30. The monoisotopic (exact) mass is 504 g/mol. The zero-order chi connectivity index (χ0) is 25.9. The molecule has 2 saturated heterocycles. The number of hydrogen-bond acceptors (Lipinski definition) is 7. The van der Waals surface area contributed by atoms with Crippen molar-refractivity contribution in [2.75, 3.05) is 50.1 Å². The quantitative estimate of drug-likeness (QED) is 0.272. The van der Waals surface area contributed by atoms with Gasteiger partial charge in [0, 0.05) is 35.9 Å². The fourth-order valence-corrected chi connectivity index (χ4v) is 5.30. The number of nitrogen functional groups attached to an aromatic ring is 1. The summed E-state index contributed by atoms with van der Waals surface area (Å²) < 4.78 is 5.34. The van der Waals surface area contributed by atoms with E-state index in [2.05, 4.69) is 36.4 Å². The maximum atomic E-state index is 12.7. The molecule has 6 N–H and O–H groups in total. The van der Waals surface area contributed by atoms with Crippen molar-refractivity contribution in [3.63, 3.8) is 0 Å². The normalized spacial score (nSPS) is 19.4. The summed E-state index contributed by atoms with van der Waals surface area (Å²) in [6.07, 6.45) is 4.15. The van der Waals surface area contributed by atoms with E-state index in [1.165, 1.54) is 5.56 Å². The number of quaternary nitrogens is 1. The molecule has 0 bridgehead atoms. The number of ether oxygens (including phenoxy) is 1. The first kappa shape index (κ1) is 25.4. The molecular formula is C28H38N7O2+. The number of allylic oxidation sites excluding steroid dienone is 1. The highest BCUT2D eigenvalue weighted by molar-refractivity contribution is 6.12. The minimum absolute atomic E-state index is 0.0269. The van der Waals surface area contributed by atoms with Gasteiger partial charge in [-0.25, -0.2) is 10.4 Å². The van der Waals surface area contributed by atoms with Crippen LogP contribution in [0, 0.1) is 5.41 Å². The van der Waals surface area contributed by atoms with E-state index in [0.29, 0.717) is 55.2 Å². The molecule has 2 aromatic carbocycles. The fraction of sp³-hybridized carbons (Fsp3) is 0.429. The Morgan fingerprint density at radius 3 is 2.46 bits per heavy atom. The van der Waals surface area contributed by atoms with Crippen LogP contribution in [0.4, 0.5) is 11.4 Å². The first-order chi connectivity index (χ1) is 17.9. The van der Waals surface area contributed by atoms with Gasteiger partial charge in [-0.15, -0.1) is 0 Å². The van der Waals surface area contributed by atoms with Crippen molar-refractivity contribution >= 4 is 23.0 Å². The molecule has 3 aliphatic heterocycles. The number of nitrogens with one attached hydrogen (secondary N) is 2. The molecule has 0 saturated carbocycles. The highest BCUT2D eigenvalue weighted by atomic mass is 16.5. The van der Waals surface area contributed by atoms with Crippen LogP contribution in [0.15, 0.2) is 54.4 Å². The summed E-state index contributed by atoms with van der Waals surface area (Å²) >= 11 is 0. The van der Waals surface area contributed by atoms with Gasteiger partial charge in [0.25, 0.3) is 5.91 Å². The molecule has 0 unspecified atom stereocenters. The lowest BCUT2D eigenvalue weighted by Crippen LogP contribution is -2.91. The van der Waals surface area contributed by atoms with E-state index in [1.54, 1.807) is 0 Å². The Balaban J connectivity index is 1.26. The van der Waals surface area contributed by atoms with Crippen LogP contribution in [0.5, 0.6) is 0 Å². The van der Waals surface area contributed by atoms with Crippen LogP contribution in [0.1, 0.15) is 54.1 Å². The number of nitrogens with two attached hydrogens (primary N) is 2. The number of hydrogen-bond donors (Lipinski definition) is 4. The summed E-state index contributed by atoms with van der Waals surface area (Å²) in [5.74, 6) is 0.524. The number of carbonyl (C=O) groups is 1. The molecule has 0 atom stereocenters. The molecule has 2 aromatic rings. The summed E-state index contributed by atoms with van der Waals surface area (Å²) in [5.41, 5.74) is 16.7. The van der Waals surface area contributed by atoms with Crippen molar-refractivity contribution in [3.05, 3.63) is 71.1 Å². The van der Waals surface area contributed by atoms with Crippen LogP contribution in [0.3, 0.4) is 0 Å². The van der Waals surface area contributed by atoms with E-state index in [4.69, 9.17) is 15.9 Å². The predicted octanol–water partition coefficient (Wildman–Crippen LogP) is 2.04. The second-order valence-corrected chi connectivity index (χ2v) is 10.3. The lowest BCUT2D eigenvalue weighted by Gasteiger charge is -2.35. The second kappa shape index (κ2) is 11.0. The van der Waals surface area contributed by atoms with Gasteiger partial charge in [-0.05, 0) is 87.7 Å². The van der Waals surface area contributed by atoms with E-state index in [-0.39, 0.29) is 5.91 Å². The molecule has 9 heteroatoms. The lowest BCUT2D eigenvalue weighted by atomic mass is 9.87. The molecule has 0 radical (unpaired) electrons. The van der Waals surface area contributed by atoms with Crippen LogP contribution in [0.2, 0.25) is 0 Å². The van der Waals surface area contributed by atoms with Crippen molar-refractivity contribution < 1.29 is 15.0 Å². The minimum atomic E-state index is 0.0269. The molecular weight excluding hydrogens is 466 g/mol. The van der Waals surface area contributed by atoms with Crippen LogP contribution < -0.4 is 21.7 Å². The molecule has 0 aromatic heterocycles. The number of amides is 1. The number of benzene rings is 2. The van der Waals surface area contributed by atoms with Crippen LogP contribution in [0.25, 0.3) is 0 Å². The van der Waals surface area contributed by atoms with Gasteiger partial charge in [0.1, 0.15) is 5.71 Å². The maximum Gasteiger partial charge on any atom is 0.254 e. The van der Waals surface area contributed by atoms with E-state index in [1.807, 2.05) is 51.9 Å². The van der Waals surface area contributed by atoms with E-state index in [9.17, 15) is 4.79 Å². The SMILES string of the molecule is CC(C)N1CCC(c2ccc(N)c(C(=N)C3=CN(c4ccc(C(=O)N5CCOCC5)cc4)N[NH2+]3)c2)CC1. The van der Waals surface area contributed by atoms with E-state index in [0.717, 1.165) is 42.9 Å². The third-order valence-electron chi connectivity index (χ3n) is 7.68. The lowest BCUT2D eigenvalue weighted by molar-refractivity contribution is -0.650. The Morgan fingerprint density at radius 2 is 1.78 bits per heavy atom. The van der Waals surface area contributed by atoms with Gasteiger partial charge in [-0.2, -0.15) is 0 Å². The smallest absolute Gasteiger partial charge is 0.254 e. The number of anilines is 2. The molecule has 3 heterocycles. The highest BCUT2D eigenvalue weighted by Crippen LogP contribution is 2.31. The number of piperidine rings is 1. The van der Waals surface area contributed by atoms with Gasteiger partial charge < -0.3 is 20.3 Å². The zero-order valence-corrected chi connectivity index (χ0v) is 21.7. The van der Waals surface area contributed by atoms with Crippen LogP contribution >= 0.6 is 0 Å². The Morgan fingerprint density at radius 1 is 1.08 bits per heavy atom. The van der Waals surface area contributed by atoms with E-state index >= 15 is 0 Å². The zero-order valence-electron chi connectivity index (χ0n) is 21.7. The summed E-state index contributed by atoms with van der Waals surface area (Å²) in [7, 11) is 0. The molecule has 0 spiro atoms. The third kappa shape index (κ3) is 5.55. The van der Waals surface area contributed by atoms with Crippen molar-refractivity contribution in [1.29, 1.82) is 5.41 Å². The highest BCUT2D eigenvalue weighted by Gasteiger charge is 2.27. The maximum absolute atomic E-state index is 12.7.